The number of likely N-dealkylation sites (N-methyl/N-ethyl adjacent to an activating group) is 1. The third-order valence-electron chi connectivity index (χ3n) is 4.20. The number of nitrogens with zero attached hydrogens (tertiary/aromatic N) is 2. The molecule has 1 aromatic carbocycles. The average Bonchev–Trinajstić information content (AvgIpc) is 2.93. The molecule has 1 aliphatic rings. The van der Waals surface area contributed by atoms with E-state index in [4.69, 9.17) is 17.3 Å². The Bertz CT molecular complexity index is 953. The zero-order chi connectivity index (χ0) is 19.0. The van der Waals surface area contributed by atoms with E-state index in [0.29, 0.717) is 26.7 Å². The van der Waals surface area contributed by atoms with Gasteiger partial charge in [0.25, 0.3) is 0 Å². The predicted molar refractivity (Wildman–Crippen MR) is 96.9 cm³/mol. The largest absolute Gasteiger partial charge is 0.352 e. The zero-order valence-electron chi connectivity index (χ0n) is 13.7. The van der Waals surface area contributed by atoms with Gasteiger partial charge in [-0.15, -0.1) is 11.3 Å². The van der Waals surface area contributed by atoms with Gasteiger partial charge in [-0.1, -0.05) is 11.6 Å². The molecule has 1 aliphatic heterocycles. The van der Waals surface area contributed by atoms with Crippen molar-refractivity contribution in [1.82, 2.24) is 5.32 Å². The first-order chi connectivity index (χ1) is 12.3. The fourth-order valence-electron chi connectivity index (χ4n) is 3.06. The molecule has 6 nitrogen and oxygen atoms in total. The summed E-state index contributed by atoms with van der Waals surface area (Å²) in [4.78, 5) is 26.3. The van der Waals surface area contributed by atoms with E-state index in [0.717, 1.165) is 4.88 Å². The number of halogens is 2. The van der Waals surface area contributed by atoms with Gasteiger partial charge >= 0.3 is 6.03 Å². The molecule has 3 amide bonds. The Morgan fingerprint density at radius 2 is 2.31 bits per heavy atom. The minimum Gasteiger partial charge on any atom is -0.352 e. The van der Waals surface area contributed by atoms with Gasteiger partial charge in [0.15, 0.2) is 0 Å². The van der Waals surface area contributed by atoms with Crippen molar-refractivity contribution >= 4 is 40.6 Å². The third-order valence-corrected chi connectivity index (χ3v) is 5.71. The van der Waals surface area contributed by atoms with E-state index in [1.54, 1.807) is 7.05 Å². The highest BCUT2D eigenvalue weighted by Crippen LogP contribution is 2.41. The van der Waals surface area contributed by atoms with Crippen LogP contribution in [0.1, 0.15) is 20.9 Å². The van der Waals surface area contributed by atoms with E-state index in [-0.39, 0.29) is 18.7 Å². The predicted octanol–water partition coefficient (Wildman–Crippen LogP) is 2.56. The summed E-state index contributed by atoms with van der Waals surface area (Å²) in [5.74, 6) is -0.757. The number of hydrogen-bond donors (Lipinski definition) is 2. The van der Waals surface area contributed by atoms with Crippen molar-refractivity contribution < 1.29 is 14.0 Å². The van der Waals surface area contributed by atoms with Gasteiger partial charge in [0.1, 0.15) is 22.8 Å². The van der Waals surface area contributed by atoms with Crippen LogP contribution in [0, 0.1) is 17.1 Å². The number of urea groups is 1. The molecule has 0 saturated heterocycles. The molecule has 0 bridgehead atoms. The standard InChI is InChI=1S/C17H14ClFN4O2S/c1-23-15-10(5-8-4-9(19)2-3-11(8)18)14(7-20)26-13(15)6-12(16(23)24)22-17(21)25/h2-4,12H,5-6H2,1H3,(H3,21,22,25)/t12-/m1/s1. The number of carbonyl (C=O) groups excluding carboxylic acids is 2. The number of hydrogen-bond acceptors (Lipinski definition) is 4. The highest BCUT2D eigenvalue weighted by Gasteiger charge is 2.36. The molecule has 0 fully saturated rings. The van der Waals surface area contributed by atoms with Gasteiger partial charge in [0.2, 0.25) is 5.91 Å². The molecular weight excluding hydrogens is 379 g/mol. The minimum atomic E-state index is -0.788. The molecule has 0 saturated carbocycles. The molecule has 0 aliphatic carbocycles. The number of primary amides is 1. The van der Waals surface area contributed by atoms with Crippen molar-refractivity contribution in [1.29, 1.82) is 5.26 Å². The highest BCUT2D eigenvalue weighted by atomic mass is 35.5. The molecule has 1 aromatic heterocycles. The molecule has 134 valence electrons. The number of nitriles is 1. The van der Waals surface area contributed by atoms with Crippen LogP contribution in [-0.2, 0) is 17.6 Å². The minimum absolute atomic E-state index is 0.219. The van der Waals surface area contributed by atoms with Crippen LogP contribution < -0.4 is 16.0 Å². The summed E-state index contributed by atoms with van der Waals surface area (Å²) in [6.45, 7) is 0. The van der Waals surface area contributed by atoms with Gasteiger partial charge in [0.05, 0.1) is 5.69 Å². The molecule has 9 heteroatoms. The number of benzene rings is 1. The van der Waals surface area contributed by atoms with Crippen molar-refractivity contribution in [2.75, 3.05) is 11.9 Å². The normalized spacial score (nSPS) is 16.2. The number of nitrogens with two attached hydrogens (primary N) is 1. The van der Waals surface area contributed by atoms with Crippen molar-refractivity contribution in [3.05, 3.63) is 49.9 Å². The Morgan fingerprint density at radius 3 is 2.96 bits per heavy atom. The number of thiophene rings is 1. The quantitative estimate of drug-likeness (QED) is 0.839. The fraction of sp³-hybridized carbons (Fsp3) is 0.235. The molecule has 2 aromatic rings. The van der Waals surface area contributed by atoms with Crippen LogP contribution in [-0.4, -0.2) is 25.0 Å². The lowest BCUT2D eigenvalue weighted by molar-refractivity contribution is -0.120. The van der Waals surface area contributed by atoms with Crippen LogP contribution in [0.4, 0.5) is 14.9 Å². The van der Waals surface area contributed by atoms with Crippen molar-refractivity contribution in [2.24, 2.45) is 5.73 Å². The first kappa shape index (κ1) is 18.2. The molecule has 0 spiro atoms. The molecule has 2 heterocycles. The number of rotatable bonds is 3. The summed E-state index contributed by atoms with van der Waals surface area (Å²) in [6.07, 6.45) is 0.467. The molecule has 1 atom stereocenters. The summed E-state index contributed by atoms with van der Waals surface area (Å²) >= 11 is 7.39. The van der Waals surface area contributed by atoms with E-state index in [1.807, 2.05) is 0 Å². The van der Waals surface area contributed by atoms with Gasteiger partial charge in [0, 0.05) is 35.4 Å². The number of anilines is 1. The van der Waals surface area contributed by atoms with E-state index in [9.17, 15) is 19.2 Å². The summed E-state index contributed by atoms with van der Waals surface area (Å²) < 4.78 is 13.6. The Labute approximate surface area is 158 Å². The van der Waals surface area contributed by atoms with Crippen molar-refractivity contribution in [3.63, 3.8) is 0 Å². The van der Waals surface area contributed by atoms with E-state index in [1.165, 1.54) is 34.4 Å². The van der Waals surface area contributed by atoms with Crippen LogP contribution in [0.25, 0.3) is 0 Å². The van der Waals surface area contributed by atoms with Crippen LogP contribution in [0.2, 0.25) is 5.02 Å². The second-order valence-corrected chi connectivity index (χ2v) is 7.38. The second-order valence-electron chi connectivity index (χ2n) is 5.87. The van der Waals surface area contributed by atoms with Crippen LogP contribution >= 0.6 is 22.9 Å². The van der Waals surface area contributed by atoms with Crippen LogP contribution in [0.15, 0.2) is 18.2 Å². The lowest BCUT2D eigenvalue weighted by Gasteiger charge is -2.30. The lowest BCUT2D eigenvalue weighted by atomic mass is 9.98. The highest BCUT2D eigenvalue weighted by molar-refractivity contribution is 7.13. The van der Waals surface area contributed by atoms with Gasteiger partial charge in [-0.3, -0.25) is 4.79 Å². The zero-order valence-corrected chi connectivity index (χ0v) is 15.2. The Hall–Kier alpha value is -2.63. The van der Waals surface area contributed by atoms with E-state index in [2.05, 4.69) is 11.4 Å². The molecule has 0 radical (unpaired) electrons. The first-order valence-electron chi connectivity index (χ1n) is 7.64. The maximum atomic E-state index is 13.6. The van der Waals surface area contributed by atoms with Crippen molar-refractivity contribution in [2.45, 2.75) is 18.9 Å². The molecule has 3 rings (SSSR count). The Balaban J connectivity index is 2.05. The maximum Gasteiger partial charge on any atom is 0.312 e. The topological polar surface area (TPSA) is 99.2 Å². The lowest BCUT2D eigenvalue weighted by Crippen LogP contribution is -2.52. The first-order valence-corrected chi connectivity index (χ1v) is 8.83. The summed E-state index contributed by atoms with van der Waals surface area (Å²) in [5.41, 5.74) is 6.88. The van der Waals surface area contributed by atoms with E-state index < -0.39 is 17.9 Å². The fourth-order valence-corrected chi connectivity index (χ4v) is 4.44. The SMILES string of the molecule is CN1C(=O)[C@H](NC(N)=O)Cc2sc(C#N)c(Cc3cc(F)ccc3Cl)c21. The summed E-state index contributed by atoms with van der Waals surface area (Å²) in [7, 11) is 1.57. The molecule has 26 heavy (non-hydrogen) atoms. The maximum absolute atomic E-state index is 13.6. The molecule has 0 unspecified atom stereocenters. The van der Waals surface area contributed by atoms with E-state index >= 15 is 0 Å². The smallest absolute Gasteiger partial charge is 0.312 e. The number of amides is 3. The monoisotopic (exact) mass is 392 g/mol. The summed E-state index contributed by atoms with van der Waals surface area (Å²) in [6, 6.07) is 4.60. The number of nitrogens with one attached hydrogen (secondary N) is 1. The molecular formula is C17H14ClFN4O2S. The Kier molecular flexibility index (Phi) is 4.85. The van der Waals surface area contributed by atoms with Gasteiger partial charge in [-0.2, -0.15) is 5.26 Å². The van der Waals surface area contributed by atoms with Crippen LogP contribution in [0.5, 0.6) is 0 Å². The number of carbonyl (C=O) groups is 2. The molecule has 3 N–H and O–H groups in total. The van der Waals surface area contributed by atoms with Gasteiger partial charge in [-0.25, -0.2) is 9.18 Å². The van der Waals surface area contributed by atoms with Crippen LogP contribution in [0.3, 0.4) is 0 Å². The second kappa shape index (κ2) is 6.94. The third kappa shape index (κ3) is 3.23. The van der Waals surface area contributed by atoms with Gasteiger partial charge < -0.3 is 16.0 Å². The summed E-state index contributed by atoms with van der Waals surface area (Å²) in [5, 5.41) is 12.3. The average molecular weight is 393 g/mol. The number of fused-ring (bicyclic) bond motifs is 1. The van der Waals surface area contributed by atoms with Gasteiger partial charge in [-0.05, 0) is 23.8 Å². The Morgan fingerprint density at radius 1 is 1.58 bits per heavy atom. The van der Waals surface area contributed by atoms with Crippen molar-refractivity contribution in [3.8, 4) is 6.07 Å².